The molecule has 10 aromatic rings. The lowest BCUT2D eigenvalue weighted by Crippen LogP contribution is -2.40. The highest BCUT2D eigenvalue weighted by atomic mass is 15.2. The molecular formula is C55H41N. The van der Waals surface area contributed by atoms with E-state index < -0.39 is 0 Å². The van der Waals surface area contributed by atoms with Gasteiger partial charge >= 0.3 is 0 Å². The molecule has 0 radical (unpaired) electrons. The first-order chi connectivity index (χ1) is 27.6. The second-order valence-corrected chi connectivity index (χ2v) is 16.7. The zero-order valence-corrected chi connectivity index (χ0v) is 31.8. The molecule has 0 spiro atoms. The standard InChI is InChI=1S/C55H41N/c1-34-30-31-55(2)54(34)50-32-38(24-29-51(50)56(55)39-16-4-3-5-17-39)48-33-49(43-21-11-15-36-13-7-9-19-41(36)43)47-26-23-37-22-25-44(45-27-28-46(48)53(47)52(37)45)42-20-10-14-35-12-6-8-18-40(35)42/h3-29,32-34,54H,30-31H2,1-2H3. The number of hydrogen-bond donors (Lipinski definition) is 0. The maximum atomic E-state index is 2.67. The summed E-state index contributed by atoms with van der Waals surface area (Å²) in [6.07, 6.45) is 2.44. The van der Waals surface area contributed by atoms with Crippen LogP contribution in [0, 0.1) is 5.92 Å². The van der Waals surface area contributed by atoms with Crippen molar-refractivity contribution < 1.29 is 0 Å². The maximum Gasteiger partial charge on any atom is 0.0495 e. The minimum Gasteiger partial charge on any atom is -0.335 e. The SMILES string of the molecule is CC1CCC2(C)C1c1cc(-c3cc(-c4cccc5ccccc45)c4ccc5ccc(-c6cccc7ccccc67)c6ccc3c4c56)ccc1N2c1ccccc1. The Bertz CT molecular complexity index is 3180. The average molecular weight is 716 g/mol. The van der Waals surface area contributed by atoms with E-state index >= 15 is 0 Å². The molecule has 1 heterocycles. The molecule has 266 valence electrons. The Kier molecular flexibility index (Phi) is 6.70. The van der Waals surface area contributed by atoms with Gasteiger partial charge in [-0.3, -0.25) is 0 Å². The van der Waals surface area contributed by atoms with E-state index in [1.165, 1.54) is 117 Å². The van der Waals surface area contributed by atoms with Gasteiger partial charge in [0, 0.05) is 22.8 Å². The Labute approximate surface area is 327 Å². The van der Waals surface area contributed by atoms with Gasteiger partial charge in [0.1, 0.15) is 0 Å². The van der Waals surface area contributed by atoms with Crippen LogP contribution >= 0.6 is 0 Å². The van der Waals surface area contributed by atoms with Crippen molar-refractivity contribution in [2.45, 2.75) is 38.1 Å². The van der Waals surface area contributed by atoms with Crippen LogP contribution in [0.4, 0.5) is 11.4 Å². The third-order valence-electron chi connectivity index (χ3n) is 13.7. The zero-order chi connectivity index (χ0) is 37.1. The molecule has 1 saturated carbocycles. The van der Waals surface area contributed by atoms with Crippen LogP contribution in [0.5, 0.6) is 0 Å². The van der Waals surface area contributed by atoms with Crippen LogP contribution in [0.25, 0.3) is 87.2 Å². The monoisotopic (exact) mass is 715 g/mol. The minimum atomic E-state index is 0.0521. The third kappa shape index (κ3) is 4.37. The van der Waals surface area contributed by atoms with Crippen LogP contribution in [0.2, 0.25) is 0 Å². The van der Waals surface area contributed by atoms with E-state index in [9.17, 15) is 0 Å². The normalized spacial score (nSPS) is 19.1. The Balaban J connectivity index is 1.17. The summed E-state index contributed by atoms with van der Waals surface area (Å²) in [5, 5.41) is 13.0. The van der Waals surface area contributed by atoms with Crippen LogP contribution in [-0.2, 0) is 0 Å². The van der Waals surface area contributed by atoms with Gasteiger partial charge in [-0.15, -0.1) is 0 Å². The lowest BCUT2D eigenvalue weighted by atomic mass is 9.80. The number of nitrogens with zero attached hydrogens (tertiary/aromatic N) is 1. The molecule has 1 fully saturated rings. The van der Waals surface area contributed by atoms with Crippen molar-refractivity contribution in [3.05, 3.63) is 181 Å². The summed E-state index contributed by atoms with van der Waals surface area (Å²) in [4.78, 5) is 2.67. The smallest absolute Gasteiger partial charge is 0.0495 e. The number of anilines is 2. The molecule has 1 nitrogen and oxygen atoms in total. The summed E-state index contributed by atoms with van der Waals surface area (Å²) in [6, 6.07) is 66.4. The Morgan fingerprint density at radius 2 is 1.05 bits per heavy atom. The molecule has 10 aromatic carbocycles. The molecule has 12 rings (SSSR count). The van der Waals surface area contributed by atoms with Gasteiger partial charge in [-0.1, -0.05) is 153 Å². The highest BCUT2D eigenvalue weighted by Gasteiger charge is 2.54. The fourth-order valence-corrected chi connectivity index (χ4v) is 11.3. The first kappa shape index (κ1) is 31.9. The highest BCUT2D eigenvalue weighted by molar-refractivity contribution is 6.31. The molecule has 0 bridgehead atoms. The van der Waals surface area contributed by atoms with E-state index in [2.05, 4.69) is 195 Å². The van der Waals surface area contributed by atoms with Crippen molar-refractivity contribution >= 4 is 65.2 Å². The van der Waals surface area contributed by atoms with Crippen molar-refractivity contribution in [2.75, 3.05) is 4.90 Å². The van der Waals surface area contributed by atoms with Crippen molar-refractivity contribution in [1.29, 1.82) is 0 Å². The number of hydrogen-bond acceptors (Lipinski definition) is 1. The average Bonchev–Trinajstić information content (AvgIpc) is 3.70. The first-order valence-corrected chi connectivity index (χ1v) is 20.3. The van der Waals surface area contributed by atoms with Crippen LogP contribution in [-0.4, -0.2) is 5.54 Å². The Morgan fingerprint density at radius 3 is 1.80 bits per heavy atom. The van der Waals surface area contributed by atoms with E-state index in [4.69, 9.17) is 0 Å². The van der Waals surface area contributed by atoms with Gasteiger partial charge in [-0.05, 0) is 149 Å². The number of para-hydroxylation sites is 1. The number of benzene rings is 10. The molecule has 3 unspecified atom stereocenters. The van der Waals surface area contributed by atoms with E-state index in [1.807, 2.05) is 0 Å². The molecule has 1 aliphatic heterocycles. The van der Waals surface area contributed by atoms with Crippen molar-refractivity contribution in [3.63, 3.8) is 0 Å². The fourth-order valence-electron chi connectivity index (χ4n) is 11.3. The minimum absolute atomic E-state index is 0.0521. The van der Waals surface area contributed by atoms with Gasteiger partial charge < -0.3 is 4.90 Å². The lowest BCUT2D eigenvalue weighted by molar-refractivity contribution is 0.414. The summed E-state index contributed by atoms with van der Waals surface area (Å²) < 4.78 is 0. The van der Waals surface area contributed by atoms with Gasteiger partial charge in [0.15, 0.2) is 0 Å². The summed E-state index contributed by atoms with van der Waals surface area (Å²) in [5.41, 5.74) is 12.0. The van der Waals surface area contributed by atoms with E-state index in [-0.39, 0.29) is 5.54 Å². The van der Waals surface area contributed by atoms with Crippen molar-refractivity contribution in [3.8, 4) is 33.4 Å². The van der Waals surface area contributed by atoms with Gasteiger partial charge in [-0.25, -0.2) is 0 Å². The van der Waals surface area contributed by atoms with Crippen LogP contribution < -0.4 is 4.90 Å². The van der Waals surface area contributed by atoms with Gasteiger partial charge in [0.2, 0.25) is 0 Å². The number of fused-ring (bicyclic) bond motifs is 5. The van der Waals surface area contributed by atoms with E-state index in [1.54, 1.807) is 0 Å². The molecule has 56 heavy (non-hydrogen) atoms. The molecule has 0 saturated heterocycles. The molecule has 0 aromatic heterocycles. The first-order valence-electron chi connectivity index (χ1n) is 20.3. The third-order valence-corrected chi connectivity index (χ3v) is 13.7. The quantitative estimate of drug-likeness (QED) is 0.164. The molecule has 2 aliphatic rings. The topological polar surface area (TPSA) is 3.24 Å². The van der Waals surface area contributed by atoms with Crippen LogP contribution in [0.1, 0.15) is 38.2 Å². The van der Waals surface area contributed by atoms with Crippen LogP contribution in [0.3, 0.4) is 0 Å². The second kappa shape index (κ2) is 11.8. The summed E-state index contributed by atoms with van der Waals surface area (Å²) in [5.74, 6) is 1.08. The largest absolute Gasteiger partial charge is 0.335 e. The molecule has 0 N–H and O–H groups in total. The summed E-state index contributed by atoms with van der Waals surface area (Å²) in [7, 11) is 0. The predicted molar refractivity (Wildman–Crippen MR) is 240 cm³/mol. The molecule has 0 amide bonds. The fraction of sp³-hybridized carbons (Fsp3) is 0.127. The van der Waals surface area contributed by atoms with E-state index in [0.717, 1.165) is 0 Å². The second-order valence-electron chi connectivity index (χ2n) is 16.7. The Morgan fingerprint density at radius 1 is 0.464 bits per heavy atom. The molecule has 1 aliphatic carbocycles. The molecular weight excluding hydrogens is 675 g/mol. The molecule has 1 heteroatoms. The zero-order valence-electron chi connectivity index (χ0n) is 31.8. The maximum absolute atomic E-state index is 2.67. The summed E-state index contributed by atoms with van der Waals surface area (Å²) in [6.45, 7) is 4.99. The molecule has 3 atom stereocenters. The van der Waals surface area contributed by atoms with Crippen molar-refractivity contribution in [2.24, 2.45) is 5.92 Å². The predicted octanol–water partition coefficient (Wildman–Crippen LogP) is 15.3. The van der Waals surface area contributed by atoms with Gasteiger partial charge in [0.05, 0.1) is 0 Å². The van der Waals surface area contributed by atoms with Gasteiger partial charge in [-0.2, -0.15) is 0 Å². The summed E-state index contributed by atoms with van der Waals surface area (Å²) >= 11 is 0. The van der Waals surface area contributed by atoms with E-state index in [0.29, 0.717) is 11.8 Å². The highest BCUT2D eigenvalue weighted by Crippen LogP contribution is 2.61. The number of rotatable bonds is 4. The lowest BCUT2D eigenvalue weighted by Gasteiger charge is -2.38. The van der Waals surface area contributed by atoms with Gasteiger partial charge in [0.25, 0.3) is 0 Å². The Hall–Kier alpha value is -6.44. The van der Waals surface area contributed by atoms with Crippen molar-refractivity contribution in [1.82, 2.24) is 0 Å². The van der Waals surface area contributed by atoms with Crippen LogP contribution in [0.15, 0.2) is 176 Å².